The first-order valence-corrected chi connectivity index (χ1v) is 12.1. The van der Waals surface area contributed by atoms with Gasteiger partial charge in [-0.3, -0.25) is 4.79 Å². The number of benzene rings is 2. The average molecular weight is 503 g/mol. The average Bonchev–Trinajstić information content (AvgIpc) is 3.45. The second kappa shape index (κ2) is 8.06. The number of amides is 3. The minimum Gasteiger partial charge on any atom is -0.376 e. The van der Waals surface area contributed by atoms with Gasteiger partial charge >= 0.3 is 6.03 Å². The molecule has 4 aliphatic heterocycles. The summed E-state index contributed by atoms with van der Waals surface area (Å²) in [4.78, 5) is 29.0. The summed E-state index contributed by atoms with van der Waals surface area (Å²) in [5.74, 6) is -1.64. The summed E-state index contributed by atoms with van der Waals surface area (Å²) in [6.07, 6.45) is 1.03. The second-order valence-corrected chi connectivity index (χ2v) is 10.4. The zero-order chi connectivity index (χ0) is 24.5. The highest BCUT2D eigenvalue weighted by atomic mass is 35.5. The predicted molar refractivity (Wildman–Crippen MR) is 126 cm³/mol. The first kappa shape index (κ1) is 22.5. The normalized spacial score (nSPS) is 27.5. The van der Waals surface area contributed by atoms with Crippen LogP contribution >= 0.6 is 11.6 Å². The molecule has 0 saturated carbocycles. The van der Waals surface area contributed by atoms with Crippen LogP contribution in [0.5, 0.6) is 0 Å². The quantitative estimate of drug-likeness (QED) is 0.675. The van der Waals surface area contributed by atoms with Crippen LogP contribution in [0.15, 0.2) is 30.3 Å². The fourth-order valence-corrected chi connectivity index (χ4v) is 5.95. The van der Waals surface area contributed by atoms with E-state index in [4.69, 9.17) is 16.3 Å². The molecular weight excluding hydrogens is 478 g/mol. The predicted octanol–water partition coefficient (Wildman–Crippen LogP) is 3.36. The van der Waals surface area contributed by atoms with E-state index in [1.54, 1.807) is 30.0 Å². The molecule has 7 nitrogen and oxygen atoms in total. The highest BCUT2D eigenvalue weighted by molar-refractivity contribution is 6.30. The third kappa shape index (κ3) is 3.47. The van der Waals surface area contributed by atoms with Crippen LogP contribution in [0.3, 0.4) is 0 Å². The molecule has 3 amide bonds. The van der Waals surface area contributed by atoms with Crippen molar-refractivity contribution in [1.29, 1.82) is 0 Å². The Bertz CT molecular complexity index is 1240. The van der Waals surface area contributed by atoms with E-state index in [1.165, 1.54) is 12.1 Å². The standard InChI is InChI=1S/C25H25ClF2N4O3/c1-25(17-3-2-4-18(26)21(17)27)12-29-23(33)16-5-6-19(22(28)20(16)25)30-13-8-31(9-13)24(34)32-10-15-7-14(32)11-35-15/h2-6,13-15,30H,7-12H2,1H3,(H,29,33)/t14-,15-,25?/m0/s1. The van der Waals surface area contributed by atoms with E-state index in [-0.39, 0.29) is 58.2 Å². The molecule has 0 aliphatic carbocycles. The molecule has 1 unspecified atom stereocenters. The number of likely N-dealkylation sites (tertiary alicyclic amines) is 2. The summed E-state index contributed by atoms with van der Waals surface area (Å²) in [6, 6.07) is 7.69. The lowest BCUT2D eigenvalue weighted by Gasteiger charge is -2.43. The molecule has 3 saturated heterocycles. The zero-order valence-electron chi connectivity index (χ0n) is 19.1. The topological polar surface area (TPSA) is 73.9 Å². The summed E-state index contributed by atoms with van der Waals surface area (Å²) in [7, 11) is 0. The third-order valence-electron chi connectivity index (χ3n) is 7.74. The molecule has 2 N–H and O–H groups in total. The molecule has 35 heavy (non-hydrogen) atoms. The van der Waals surface area contributed by atoms with Crippen molar-refractivity contribution in [2.75, 3.05) is 38.1 Å². The lowest BCUT2D eigenvalue weighted by atomic mass is 9.71. The number of carbonyl (C=O) groups is 2. The molecule has 4 heterocycles. The molecule has 0 radical (unpaired) electrons. The smallest absolute Gasteiger partial charge is 0.320 e. The van der Waals surface area contributed by atoms with Gasteiger partial charge in [0.2, 0.25) is 0 Å². The van der Waals surface area contributed by atoms with Gasteiger partial charge in [-0.25, -0.2) is 13.6 Å². The number of hydrogen-bond acceptors (Lipinski definition) is 4. The molecule has 2 bridgehead atoms. The Balaban J connectivity index is 1.24. The van der Waals surface area contributed by atoms with Gasteiger partial charge in [-0.2, -0.15) is 0 Å². The maximum atomic E-state index is 16.0. The van der Waals surface area contributed by atoms with E-state index in [9.17, 15) is 14.0 Å². The van der Waals surface area contributed by atoms with E-state index < -0.39 is 23.0 Å². The molecular formula is C25H25ClF2N4O3. The number of fused-ring (bicyclic) bond motifs is 3. The van der Waals surface area contributed by atoms with Crippen molar-refractivity contribution in [3.8, 4) is 0 Å². The number of nitrogens with zero attached hydrogens (tertiary/aromatic N) is 2. The highest BCUT2D eigenvalue weighted by Crippen LogP contribution is 2.42. The molecule has 10 heteroatoms. The Morgan fingerprint density at radius 3 is 2.71 bits per heavy atom. The molecule has 0 spiro atoms. The summed E-state index contributed by atoms with van der Waals surface area (Å²) in [6.45, 7) is 3.84. The van der Waals surface area contributed by atoms with Crippen molar-refractivity contribution in [2.45, 2.75) is 36.9 Å². The van der Waals surface area contributed by atoms with Gasteiger partial charge in [0, 0.05) is 48.3 Å². The second-order valence-electron chi connectivity index (χ2n) is 9.99. The van der Waals surface area contributed by atoms with Crippen LogP contribution in [-0.2, 0) is 10.2 Å². The Kier molecular flexibility index (Phi) is 5.19. The monoisotopic (exact) mass is 502 g/mol. The minimum absolute atomic E-state index is 0.00885. The first-order valence-electron chi connectivity index (χ1n) is 11.8. The number of ether oxygens (including phenoxy) is 1. The van der Waals surface area contributed by atoms with Crippen LogP contribution in [0.4, 0.5) is 19.3 Å². The maximum absolute atomic E-state index is 16.0. The summed E-state index contributed by atoms with van der Waals surface area (Å²) in [5.41, 5.74) is -0.422. The highest BCUT2D eigenvalue weighted by Gasteiger charge is 2.46. The fourth-order valence-electron chi connectivity index (χ4n) is 5.78. The first-order chi connectivity index (χ1) is 16.8. The van der Waals surface area contributed by atoms with Gasteiger partial charge < -0.3 is 25.2 Å². The molecule has 2 aromatic carbocycles. The van der Waals surface area contributed by atoms with Gasteiger partial charge in [-0.15, -0.1) is 0 Å². The Morgan fingerprint density at radius 2 is 2.00 bits per heavy atom. The number of urea groups is 1. The third-order valence-corrected chi connectivity index (χ3v) is 8.04. The lowest BCUT2D eigenvalue weighted by Crippen LogP contribution is -2.61. The molecule has 184 valence electrons. The van der Waals surface area contributed by atoms with Crippen LogP contribution in [0.2, 0.25) is 5.02 Å². The summed E-state index contributed by atoms with van der Waals surface area (Å²) < 4.78 is 36.5. The van der Waals surface area contributed by atoms with E-state index in [1.807, 2.05) is 4.90 Å². The van der Waals surface area contributed by atoms with Crippen LogP contribution in [0, 0.1) is 11.6 Å². The number of halogens is 3. The largest absolute Gasteiger partial charge is 0.376 e. The molecule has 6 rings (SSSR count). The SMILES string of the molecule is CC1(c2cccc(Cl)c2F)CNC(=O)c2ccc(NC3CN(C(=O)N4C[C@@H]5C[C@H]4CO5)C3)c(F)c21. The van der Waals surface area contributed by atoms with Gasteiger partial charge in [-0.1, -0.05) is 23.7 Å². The van der Waals surface area contributed by atoms with Crippen molar-refractivity contribution in [3.05, 3.63) is 63.7 Å². The van der Waals surface area contributed by atoms with Gasteiger partial charge in [-0.05, 0) is 31.5 Å². The molecule has 2 aromatic rings. The number of morpholine rings is 1. The van der Waals surface area contributed by atoms with E-state index >= 15 is 4.39 Å². The zero-order valence-corrected chi connectivity index (χ0v) is 19.9. The molecule has 0 aromatic heterocycles. The van der Waals surface area contributed by atoms with Crippen LogP contribution in [-0.4, -0.2) is 72.7 Å². The van der Waals surface area contributed by atoms with E-state index in [0.29, 0.717) is 26.2 Å². The van der Waals surface area contributed by atoms with Gasteiger partial charge in [0.1, 0.15) is 5.82 Å². The summed E-state index contributed by atoms with van der Waals surface area (Å²) in [5, 5.41) is 5.86. The van der Waals surface area contributed by atoms with Gasteiger partial charge in [0.05, 0.1) is 35.5 Å². The Labute approximate surface area is 206 Å². The maximum Gasteiger partial charge on any atom is 0.320 e. The Morgan fingerprint density at radius 1 is 1.20 bits per heavy atom. The number of anilines is 1. The number of rotatable bonds is 3. The van der Waals surface area contributed by atoms with Crippen molar-refractivity contribution >= 4 is 29.2 Å². The van der Waals surface area contributed by atoms with Crippen molar-refractivity contribution in [2.24, 2.45) is 0 Å². The molecule has 3 atom stereocenters. The number of nitrogens with one attached hydrogen (secondary N) is 2. The van der Waals surface area contributed by atoms with Crippen LogP contribution in [0.1, 0.15) is 34.8 Å². The van der Waals surface area contributed by atoms with Crippen LogP contribution in [0.25, 0.3) is 0 Å². The lowest BCUT2D eigenvalue weighted by molar-refractivity contribution is 0.0303. The van der Waals surface area contributed by atoms with Crippen LogP contribution < -0.4 is 10.6 Å². The van der Waals surface area contributed by atoms with E-state index in [2.05, 4.69) is 10.6 Å². The Hall–Kier alpha value is -2.91. The van der Waals surface area contributed by atoms with E-state index in [0.717, 1.165) is 6.42 Å². The minimum atomic E-state index is -1.15. The summed E-state index contributed by atoms with van der Waals surface area (Å²) >= 11 is 6.01. The van der Waals surface area contributed by atoms with Crippen molar-refractivity contribution in [1.82, 2.24) is 15.1 Å². The number of carbonyl (C=O) groups excluding carboxylic acids is 2. The van der Waals surface area contributed by atoms with Crippen molar-refractivity contribution < 1.29 is 23.1 Å². The fraction of sp³-hybridized carbons (Fsp3) is 0.440. The number of hydrogen-bond donors (Lipinski definition) is 2. The molecule has 3 fully saturated rings. The van der Waals surface area contributed by atoms with Gasteiger partial charge in [0.15, 0.2) is 5.82 Å². The van der Waals surface area contributed by atoms with Gasteiger partial charge in [0.25, 0.3) is 5.91 Å². The van der Waals surface area contributed by atoms with Crippen molar-refractivity contribution in [3.63, 3.8) is 0 Å². The molecule has 4 aliphatic rings.